The Morgan fingerprint density at radius 1 is 0.246 bits per heavy atom. The Balaban J connectivity index is 1.12. The molecule has 11 aromatic rings. The van der Waals surface area contributed by atoms with E-state index in [0.717, 1.165) is 15.8 Å². The Morgan fingerprint density at radius 2 is 0.579 bits per heavy atom. The van der Waals surface area contributed by atoms with E-state index < -0.39 is 0 Å². The van der Waals surface area contributed by atoms with Gasteiger partial charge in [-0.25, -0.2) is 0 Å². The summed E-state index contributed by atoms with van der Waals surface area (Å²) >= 11 is 3.58. The maximum absolute atomic E-state index is 3.58. The molecule has 0 fully saturated rings. The van der Waals surface area contributed by atoms with Crippen molar-refractivity contribution < 1.29 is 0 Å². The zero-order valence-corrected chi connectivity index (χ0v) is 32.6. The quantitative estimate of drug-likeness (QED) is 0.159. The number of rotatable bonds is 6. The van der Waals surface area contributed by atoms with Crippen LogP contribution in [0.5, 0.6) is 0 Å². The fourth-order valence-electron chi connectivity index (χ4n) is 8.64. The van der Waals surface area contributed by atoms with Crippen molar-refractivity contribution in [2.24, 2.45) is 0 Å². The fraction of sp³-hybridized carbons (Fsp3) is 0. The third-order valence-corrected chi connectivity index (χ3v) is 11.9. The molecule has 0 N–H and O–H groups in total. The van der Waals surface area contributed by atoms with Crippen LogP contribution in [0.15, 0.2) is 217 Å². The Labute approximate surface area is 339 Å². The van der Waals surface area contributed by atoms with Gasteiger partial charge in [0, 0.05) is 37.4 Å². The zero-order chi connectivity index (χ0) is 37.9. The Morgan fingerprint density at radius 3 is 1.04 bits per heavy atom. The van der Waals surface area contributed by atoms with Gasteiger partial charge in [0.25, 0.3) is 0 Å². The van der Waals surface area contributed by atoms with Crippen LogP contribution in [0.3, 0.4) is 0 Å². The molecule has 9 aromatic carbocycles. The fourth-order valence-corrected chi connectivity index (χ4v) is 8.90. The second-order valence-electron chi connectivity index (χ2n) is 14.7. The van der Waals surface area contributed by atoms with Crippen LogP contribution in [0.1, 0.15) is 0 Å². The highest BCUT2D eigenvalue weighted by Crippen LogP contribution is 2.40. The van der Waals surface area contributed by atoms with Crippen molar-refractivity contribution in [3.63, 3.8) is 0 Å². The Bertz CT molecular complexity index is 3090. The van der Waals surface area contributed by atoms with Crippen LogP contribution >= 0.6 is 15.9 Å². The molecule has 0 amide bonds. The lowest BCUT2D eigenvalue weighted by atomic mass is 9.92. The molecule has 0 saturated carbocycles. The van der Waals surface area contributed by atoms with E-state index in [1.165, 1.54) is 88.1 Å². The molecule has 268 valence electrons. The average molecular weight is 792 g/mol. The number of benzene rings is 9. The molecule has 11 rings (SSSR count). The highest BCUT2D eigenvalue weighted by molar-refractivity contribution is 9.10. The van der Waals surface area contributed by atoms with Gasteiger partial charge in [0.2, 0.25) is 0 Å². The van der Waals surface area contributed by atoms with Crippen LogP contribution in [0.2, 0.25) is 0 Å². The first-order valence-electron chi connectivity index (χ1n) is 19.4. The monoisotopic (exact) mass is 790 g/mol. The van der Waals surface area contributed by atoms with Gasteiger partial charge < -0.3 is 9.13 Å². The number of halogens is 1. The minimum Gasteiger partial charge on any atom is -0.309 e. The molecule has 2 nitrogen and oxygen atoms in total. The van der Waals surface area contributed by atoms with E-state index in [4.69, 9.17) is 0 Å². The first-order chi connectivity index (χ1) is 28.2. The van der Waals surface area contributed by atoms with Crippen molar-refractivity contribution in [3.05, 3.63) is 217 Å². The van der Waals surface area contributed by atoms with Crippen molar-refractivity contribution in [2.75, 3.05) is 0 Å². The normalized spacial score (nSPS) is 11.6. The highest BCUT2D eigenvalue weighted by Gasteiger charge is 2.17. The van der Waals surface area contributed by atoms with Crippen LogP contribution in [0.25, 0.3) is 99.5 Å². The SMILES string of the molecule is Brc1ccc(-c2ccc(-c3cc(-c4ccc5c6ccccc6n(-c6ccccc6)c5c4)cc(-c4ccc5c6ccccc6n(-c6ccccc6)c5c4)c3)cc2)cc1. The lowest BCUT2D eigenvalue weighted by Gasteiger charge is -2.14. The van der Waals surface area contributed by atoms with E-state index >= 15 is 0 Å². The molecule has 0 spiro atoms. The van der Waals surface area contributed by atoms with Gasteiger partial charge in [-0.05, 0) is 123 Å². The van der Waals surface area contributed by atoms with Gasteiger partial charge in [0.1, 0.15) is 0 Å². The molecule has 2 aromatic heterocycles. The number of para-hydroxylation sites is 4. The van der Waals surface area contributed by atoms with Gasteiger partial charge in [-0.15, -0.1) is 0 Å². The van der Waals surface area contributed by atoms with Crippen molar-refractivity contribution in [3.8, 4) is 55.9 Å². The molecule has 3 heteroatoms. The Kier molecular flexibility index (Phi) is 8.01. The highest BCUT2D eigenvalue weighted by atomic mass is 79.9. The van der Waals surface area contributed by atoms with Gasteiger partial charge in [-0.3, -0.25) is 0 Å². The standard InChI is InChI=1S/C54H35BrN2/c55-44-27-23-37(24-28-44)36-19-21-38(22-20-36)41-31-42(39-25-29-49-47-15-7-9-17-51(47)56(53(49)34-39)45-11-3-1-4-12-45)33-43(32-41)40-26-30-50-48-16-8-10-18-52(48)57(54(50)35-40)46-13-5-2-6-14-46/h1-35H. The number of fused-ring (bicyclic) bond motifs is 6. The van der Waals surface area contributed by atoms with E-state index in [9.17, 15) is 0 Å². The summed E-state index contributed by atoms with van der Waals surface area (Å²) in [7, 11) is 0. The topological polar surface area (TPSA) is 9.86 Å². The largest absolute Gasteiger partial charge is 0.309 e. The average Bonchev–Trinajstić information content (AvgIpc) is 3.79. The summed E-state index contributed by atoms with van der Waals surface area (Å²) in [6, 6.07) is 77.4. The number of hydrogen-bond donors (Lipinski definition) is 0. The molecule has 0 unspecified atom stereocenters. The third kappa shape index (κ3) is 5.78. The molecule has 0 bridgehead atoms. The van der Waals surface area contributed by atoms with Crippen molar-refractivity contribution in [2.45, 2.75) is 0 Å². The number of nitrogens with zero attached hydrogens (tertiary/aromatic N) is 2. The first kappa shape index (κ1) is 33.4. The molecule has 0 radical (unpaired) electrons. The first-order valence-corrected chi connectivity index (χ1v) is 20.2. The van der Waals surface area contributed by atoms with E-state index in [2.05, 4.69) is 237 Å². The minimum absolute atomic E-state index is 1.08. The summed E-state index contributed by atoms with van der Waals surface area (Å²) in [4.78, 5) is 0. The van der Waals surface area contributed by atoms with Crippen LogP contribution < -0.4 is 0 Å². The van der Waals surface area contributed by atoms with E-state index in [-0.39, 0.29) is 0 Å². The molecule has 57 heavy (non-hydrogen) atoms. The summed E-state index contributed by atoms with van der Waals surface area (Å²) in [6.45, 7) is 0. The molecule has 0 saturated heterocycles. The number of hydrogen-bond acceptors (Lipinski definition) is 0. The summed E-state index contributed by atoms with van der Waals surface area (Å²) < 4.78 is 5.88. The van der Waals surface area contributed by atoms with Crippen LogP contribution in [-0.2, 0) is 0 Å². The molecule has 2 heterocycles. The summed E-state index contributed by atoms with van der Waals surface area (Å²) in [5, 5.41) is 5.00. The van der Waals surface area contributed by atoms with Crippen molar-refractivity contribution >= 4 is 59.5 Å². The second kappa shape index (κ2) is 13.7. The second-order valence-corrected chi connectivity index (χ2v) is 15.6. The van der Waals surface area contributed by atoms with Gasteiger partial charge in [-0.1, -0.05) is 149 Å². The molecular weight excluding hydrogens is 757 g/mol. The predicted molar refractivity (Wildman–Crippen MR) is 245 cm³/mol. The smallest absolute Gasteiger partial charge is 0.0547 e. The summed E-state index contributed by atoms with van der Waals surface area (Å²) in [5.74, 6) is 0. The molecular formula is C54H35BrN2. The van der Waals surface area contributed by atoms with Crippen LogP contribution in [0.4, 0.5) is 0 Å². The molecule has 0 aliphatic carbocycles. The maximum atomic E-state index is 3.58. The summed E-state index contributed by atoms with van der Waals surface area (Å²) in [5.41, 5.74) is 16.6. The molecule has 0 aliphatic heterocycles. The van der Waals surface area contributed by atoms with Gasteiger partial charge in [-0.2, -0.15) is 0 Å². The lowest BCUT2D eigenvalue weighted by Crippen LogP contribution is -1.94. The Hall–Kier alpha value is -6.94. The van der Waals surface area contributed by atoms with Crippen molar-refractivity contribution in [1.29, 1.82) is 0 Å². The zero-order valence-electron chi connectivity index (χ0n) is 31.0. The maximum Gasteiger partial charge on any atom is 0.0547 e. The van der Waals surface area contributed by atoms with E-state index in [1.807, 2.05) is 0 Å². The molecule has 0 atom stereocenters. The van der Waals surface area contributed by atoms with E-state index in [1.54, 1.807) is 0 Å². The summed E-state index contributed by atoms with van der Waals surface area (Å²) in [6.07, 6.45) is 0. The minimum atomic E-state index is 1.08. The van der Waals surface area contributed by atoms with Gasteiger partial charge in [0.15, 0.2) is 0 Å². The van der Waals surface area contributed by atoms with Gasteiger partial charge >= 0.3 is 0 Å². The molecule has 0 aliphatic rings. The number of aromatic nitrogens is 2. The van der Waals surface area contributed by atoms with Crippen LogP contribution in [-0.4, -0.2) is 9.13 Å². The van der Waals surface area contributed by atoms with Crippen LogP contribution in [0, 0.1) is 0 Å². The predicted octanol–water partition coefficient (Wildman–Crippen LogP) is 15.3. The third-order valence-electron chi connectivity index (χ3n) is 11.4. The van der Waals surface area contributed by atoms with E-state index in [0.29, 0.717) is 0 Å². The van der Waals surface area contributed by atoms with Crippen molar-refractivity contribution in [1.82, 2.24) is 9.13 Å². The van der Waals surface area contributed by atoms with Gasteiger partial charge in [0.05, 0.1) is 22.1 Å². The lowest BCUT2D eigenvalue weighted by molar-refractivity contribution is 1.18.